The summed E-state index contributed by atoms with van der Waals surface area (Å²) >= 11 is 5.06. The van der Waals surface area contributed by atoms with Gasteiger partial charge in [-0.15, -0.1) is 17.8 Å². The molecule has 0 aliphatic heterocycles. The molecule has 0 saturated heterocycles. The van der Waals surface area contributed by atoms with E-state index >= 15 is 0 Å². The molecule has 0 amide bonds. The summed E-state index contributed by atoms with van der Waals surface area (Å²) in [5.74, 6) is 1.86. The summed E-state index contributed by atoms with van der Waals surface area (Å²) in [6.45, 7) is -0.0260. The van der Waals surface area contributed by atoms with E-state index in [1.807, 2.05) is 30.3 Å². The summed E-state index contributed by atoms with van der Waals surface area (Å²) < 4.78 is 6.86. The number of thiazole rings is 1. The van der Waals surface area contributed by atoms with Gasteiger partial charge >= 0.3 is 5.97 Å². The van der Waals surface area contributed by atoms with Crippen LogP contribution in [-0.2, 0) is 4.74 Å². The number of hydrogen-bond acceptors (Lipinski definition) is 4. The maximum Gasteiger partial charge on any atom is 0.339 e. The molecule has 3 rings (SSSR count). The predicted octanol–water partition coefficient (Wildman–Crippen LogP) is 4.52. The van der Waals surface area contributed by atoms with Gasteiger partial charge in [0.2, 0.25) is 0 Å². The van der Waals surface area contributed by atoms with Gasteiger partial charge in [-0.3, -0.25) is 0 Å². The Bertz CT molecular complexity index is 895. The second-order valence-electron chi connectivity index (χ2n) is 4.46. The lowest BCUT2D eigenvalue weighted by molar-refractivity contribution is 0.0557. The zero-order chi connectivity index (χ0) is 15.5. The van der Waals surface area contributed by atoms with Crippen molar-refractivity contribution in [1.29, 1.82) is 0 Å². The highest BCUT2D eigenvalue weighted by molar-refractivity contribution is 9.10. The molecular formula is C17H10BrNO2S. The van der Waals surface area contributed by atoms with Crippen LogP contribution in [0.3, 0.4) is 0 Å². The third-order valence-electron chi connectivity index (χ3n) is 3.02. The number of esters is 1. The number of carbonyl (C=O) groups excluding carboxylic acids is 1. The highest BCUT2D eigenvalue weighted by atomic mass is 79.9. The van der Waals surface area contributed by atoms with E-state index in [0.29, 0.717) is 5.56 Å². The van der Waals surface area contributed by atoms with E-state index in [-0.39, 0.29) is 6.61 Å². The number of fused-ring (bicyclic) bond motifs is 1. The molecule has 0 aliphatic rings. The average Bonchev–Trinajstić information content (AvgIpc) is 2.95. The number of nitrogens with zero attached hydrogens (tertiary/aromatic N) is 1. The van der Waals surface area contributed by atoms with Gasteiger partial charge < -0.3 is 4.74 Å². The SMILES string of the molecule is C#CCOC(=O)c1ccc2nc(-c3ccccc3Br)sc2c1. The molecule has 1 aromatic heterocycles. The number of hydrogen-bond donors (Lipinski definition) is 0. The van der Waals surface area contributed by atoms with Crippen LogP contribution in [0, 0.1) is 12.3 Å². The van der Waals surface area contributed by atoms with E-state index in [9.17, 15) is 4.79 Å². The maximum atomic E-state index is 11.8. The molecule has 22 heavy (non-hydrogen) atoms. The molecule has 0 N–H and O–H groups in total. The van der Waals surface area contributed by atoms with Gasteiger partial charge in [0.05, 0.1) is 15.8 Å². The normalized spacial score (nSPS) is 10.4. The number of benzene rings is 2. The first kappa shape index (κ1) is 14.8. The van der Waals surface area contributed by atoms with Crippen LogP contribution in [0.25, 0.3) is 20.8 Å². The fourth-order valence-corrected chi connectivity index (χ4v) is 3.64. The van der Waals surface area contributed by atoms with Crippen LogP contribution < -0.4 is 0 Å². The zero-order valence-electron chi connectivity index (χ0n) is 11.4. The average molecular weight is 372 g/mol. The van der Waals surface area contributed by atoms with Crippen molar-refractivity contribution in [3.05, 3.63) is 52.5 Å². The summed E-state index contributed by atoms with van der Waals surface area (Å²) in [4.78, 5) is 16.4. The lowest BCUT2D eigenvalue weighted by Gasteiger charge is -2.00. The summed E-state index contributed by atoms with van der Waals surface area (Å²) in [5, 5.41) is 0.900. The van der Waals surface area contributed by atoms with Gasteiger partial charge in [-0.2, -0.15) is 0 Å². The van der Waals surface area contributed by atoms with Crippen molar-refractivity contribution in [3.63, 3.8) is 0 Å². The smallest absolute Gasteiger partial charge is 0.339 e. The number of halogens is 1. The molecular weight excluding hydrogens is 362 g/mol. The Kier molecular flexibility index (Phi) is 4.23. The standard InChI is InChI=1S/C17H10BrNO2S/c1-2-9-21-17(20)11-7-8-14-15(10-11)22-16(19-14)12-5-3-4-6-13(12)18/h1,3-8,10H,9H2. The Balaban J connectivity index is 1.99. The lowest BCUT2D eigenvalue weighted by Crippen LogP contribution is -2.04. The molecule has 0 aliphatic carbocycles. The number of carbonyl (C=O) groups is 1. The Morgan fingerprint density at radius 1 is 1.32 bits per heavy atom. The molecule has 0 bridgehead atoms. The number of rotatable bonds is 3. The third kappa shape index (κ3) is 2.89. The van der Waals surface area contributed by atoms with Crippen LogP contribution in [0.5, 0.6) is 0 Å². The van der Waals surface area contributed by atoms with E-state index in [1.165, 1.54) is 11.3 Å². The first-order chi connectivity index (χ1) is 10.7. The van der Waals surface area contributed by atoms with Gasteiger partial charge in [0, 0.05) is 10.0 Å². The molecule has 108 valence electrons. The minimum absolute atomic E-state index is 0.0260. The largest absolute Gasteiger partial charge is 0.449 e. The highest BCUT2D eigenvalue weighted by Gasteiger charge is 2.12. The Morgan fingerprint density at radius 3 is 2.91 bits per heavy atom. The van der Waals surface area contributed by atoms with Gasteiger partial charge in [0.1, 0.15) is 5.01 Å². The zero-order valence-corrected chi connectivity index (χ0v) is 13.8. The molecule has 5 heteroatoms. The summed E-state index contributed by atoms with van der Waals surface area (Å²) in [5.41, 5.74) is 2.36. The van der Waals surface area contributed by atoms with Crippen molar-refractivity contribution in [2.24, 2.45) is 0 Å². The minimum atomic E-state index is -0.421. The van der Waals surface area contributed by atoms with Crippen molar-refractivity contribution in [1.82, 2.24) is 4.98 Å². The van der Waals surface area contributed by atoms with Crippen LogP contribution in [0.4, 0.5) is 0 Å². The molecule has 0 fully saturated rings. The topological polar surface area (TPSA) is 39.2 Å². The van der Waals surface area contributed by atoms with Crippen molar-refractivity contribution >= 4 is 43.5 Å². The second kappa shape index (κ2) is 6.30. The van der Waals surface area contributed by atoms with Crippen LogP contribution in [-0.4, -0.2) is 17.6 Å². The molecule has 0 unspecified atom stereocenters. The first-order valence-corrected chi connectivity index (χ1v) is 8.06. The van der Waals surface area contributed by atoms with E-state index in [4.69, 9.17) is 11.2 Å². The minimum Gasteiger partial charge on any atom is -0.449 e. The quantitative estimate of drug-likeness (QED) is 0.502. The number of aromatic nitrogens is 1. The van der Waals surface area contributed by atoms with Gasteiger partial charge in [0.15, 0.2) is 6.61 Å². The monoisotopic (exact) mass is 371 g/mol. The van der Waals surface area contributed by atoms with Crippen molar-refractivity contribution in [3.8, 4) is 22.9 Å². The summed E-state index contributed by atoms with van der Waals surface area (Å²) in [7, 11) is 0. The highest BCUT2D eigenvalue weighted by Crippen LogP contribution is 2.34. The van der Waals surface area contributed by atoms with Crippen LogP contribution in [0.15, 0.2) is 46.9 Å². The van der Waals surface area contributed by atoms with Gasteiger partial charge in [-0.05, 0) is 24.3 Å². The number of ether oxygens (including phenoxy) is 1. The van der Waals surface area contributed by atoms with Gasteiger partial charge in [-0.1, -0.05) is 40.0 Å². The Hall–Kier alpha value is -2.16. The fraction of sp³-hybridized carbons (Fsp3) is 0.0588. The third-order valence-corrected chi connectivity index (χ3v) is 4.76. The molecule has 0 radical (unpaired) electrons. The fourth-order valence-electron chi connectivity index (χ4n) is 1.99. The predicted molar refractivity (Wildman–Crippen MR) is 91.9 cm³/mol. The van der Waals surface area contributed by atoms with Crippen LogP contribution in [0.1, 0.15) is 10.4 Å². The molecule has 2 aromatic carbocycles. The summed E-state index contributed by atoms with van der Waals surface area (Å²) in [6.07, 6.45) is 5.09. The van der Waals surface area contributed by atoms with Gasteiger partial charge in [-0.25, -0.2) is 9.78 Å². The van der Waals surface area contributed by atoms with Gasteiger partial charge in [0.25, 0.3) is 0 Å². The van der Waals surface area contributed by atoms with Crippen molar-refractivity contribution < 1.29 is 9.53 Å². The van der Waals surface area contributed by atoms with Crippen LogP contribution >= 0.6 is 27.3 Å². The van der Waals surface area contributed by atoms with Crippen LogP contribution in [0.2, 0.25) is 0 Å². The molecule has 1 heterocycles. The molecule has 3 nitrogen and oxygen atoms in total. The van der Waals surface area contributed by atoms with E-state index in [0.717, 1.165) is 25.3 Å². The lowest BCUT2D eigenvalue weighted by atomic mass is 10.2. The molecule has 0 saturated carbocycles. The Labute approximate surface area is 140 Å². The van der Waals surface area contributed by atoms with E-state index in [1.54, 1.807) is 12.1 Å². The van der Waals surface area contributed by atoms with E-state index in [2.05, 4.69) is 26.8 Å². The molecule has 0 spiro atoms. The molecule has 3 aromatic rings. The summed E-state index contributed by atoms with van der Waals surface area (Å²) in [6, 6.07) is 13.2. The van der Waals surface area contributed by atoms with Crippen molar-refractivity contribution in [2.45, 2.75) is 0 Å². The first-order valence-electron chi connectivity index (χ1n) is 6.45. The number of terminal acetylenes is 1. The Morgan fingerprint density at radius 2 is 2.14 bits per heavy atom. The van der Waals surface area contributed by atoms with E-state index < -0.39 is 5.97 Å². The maximum absolute atomic E-state index is 11.8. The van der Waals surface area contributed by atoms with Crippen molar-refractivity contribution in [2.75, 3.05) is 6.61 Å². The molecule has 0 atom stereocenters. The second-order valence-corrected chi connectivity index (χ2v) is 6.35.